The number of nitrogens with zero attached hydrogens (tertiary/aromatic N) is 3. The van der Waals surface area contributed by atoms with Gasteiger partial charge < -0.3 is 14.8 Å². The van der Waals surface area contributed by atoms with E-state index in [0.717, 1.165) is 11.3 Å². The average Bonchev–Trinajstić information content (AvgIpc) is 3.16. The SMILES string of the molecule is CCOc1cc(NC(=O)c2ccc(-n3cc(C)cn3)cc2)c([N+](=O)[O-])cc1OCC. The second kappa shape index (κ2) is 9.08. The lowest BCUT2D eigenvalue weighted by Crippen LogP contribution is -2.14. The lowest BCUT2D eigenvalue weighted by molar-refractivity contribution is -0.384. The minimum atomic E-state index is -0.572. The van der Waals surface area contributed by atoms with Crippen LogP contribution in [0.2, 0.25) is 0 Å². The molecule has 1 heterocycles. The summed E-state index contributed by atoms with van der Waals surface area (Å²) in [7, 11) is 0. The molecule has 0 aliphatic heterocycles. The number of hydrogen-bond donors (Lipinski definition) is 1. The molecule has 0 bridgehead atoms. The molecule has 1 aromatic heterocycles. The van der Waals surface area contributed by atoms with Crippen LogP contribution in [0.1, 0.15) is 29.8 Å². The molecular formula is C21H22N4O5. The maximum Gasteiger partial charge on any atom is 0.296 e. The van der Waals surface area contributed by atoms with Crippen molar-refractivity contribution in [2.24, 2.45) is 0 Å². The number of rotatable bonds is 8. The molecule has 0 atom stereocenters. The Bertz CT molecular complexity index is 1060. The van der Waals surface area contributed by atoms with E-state index in [1.807, 2.05) is 13.1 Å². The van der Waals surface area contributed by atoms with Gasteiger partial charge in [-0.2, -0.15) is 5.10 Å². The van der Waals surface area contributed by atoms with E-state index >= 15 is 0 Å². The van der Waals surface area contributed by atoms with E-state index in [0.29, 0.717) is 24.5 Å². The predicted molar refractivity (Wildman–Crippen MR) is 112 cm³/mol. The Labute approximate surface area is 173 Å². The monoisotopic (exact) mass is 410 g/mol. The summed E-state index contributed by atoms with van der Waals surface area (Å²) in [5, 5.41) is 18.3. The number of nitro groups is 1. The molecule has 0 fully saturated rings. The smallest absolute Gasteiger partial charge is 0.296 e. The number of aromatic nitrogens is 2. The van der Waals surface area contributed by atoms with E-state index in [-0.39, 0.29) is 17.1 Å². The van der Waals surface area contributed by atoms with Crippen LogP contribution in [0.4, 0.5) is 11.4 Å². The van der Waals surface area contributed by atoms with Crippen molar-refractivity contribution >= 4 is 17.3 Å². The van der Waals surface area contributed by atoms with Crippen LogP contribution in [-0.2, 0) is 0 Å². The molecule has 9 nitrogen and oxygen atoms in total. The van der Waals surface area contributed by atoms with Gasteiger partial charge in [0.1, 0.15) is 5.69 Å². The third-order valence-electron chi connectivity index (χ3n) is 4.21. The molecule has 0 spiro atoms. The number of anilines is 1. The Morgan fingerprint density at radius 1 is 1.13 bits per heavy atom. The number of nitrogens with one attached hydrogen (secondary N) is 1. The van der Waals surface area contributed by atoms with Crippen molar-refractivity contribution in [1.29, 1.82) is 0 Å². The summed E-state index contributed by atoms with van der Waals surface area (Å²) in [6.45, 7) is 6.17. The highest BCUT2D eigenvalue weighted by Gasteiger charge is 2.22. The molecule has 3 rings (SSSR count). The number of nitro benzene ring substituents is 1. The molecule has 2 aromatic carbocycles. The van der Waals surface area contributed by atoms with Crippen molar-refractivity contribution in [1.82, 2.24) is 9.78 Å². The molecule has 0 aliphatic rings. The minimum absolute atomic E-state index is 0.0312. The van der Waals surface area contributed by atoms with Gasteiger partial charge in [-0.05, 0) is 50.6 Å². The van der Waals surface area contributed by atoms with Crippen LogP contribution in [0, 0.1) is 17.0 Å². The Morgan fingerprint density at radius 3 is 2.30 bits per heavy atom. The van der Waals surface area contributed by atoms with Gasteiger partial charge >= 0.3 is 0 Å². The number of carbonyl (C=O) groups is 1. The summed E-state index contributed by atoms with van der Waals surface area (Å²) < 4.78 is 12.6. The molecule has 3 aromatic rings. The Balaban J connectivity index is 1.87. The van der Waals surface area contributed by atoms with E-state index < -0.39 is 10.8 Å². The molecular weight excluding hydrogens is 388 g/mol. The maximum absolute atomic E-state index is 12.7. The van der Waals surface area contributed by atoms with Crippen LogP contribution < -0.4 is 14.8 Å². The predicted octanol–water partition coefficient (Wildman–Crippen LogP) is 4.14. The van der Waals surface area contributed by atoms with Gasteiger partial charge in [0.15, 0.2) is 11.5 Å². The summed E-state index contributed by atoms with van der Waals surface area (Å²) in [5.74, 6) is 0.0977. The van der Waals surface area contributed by atoms with E-state index in [1.54, 1.807) is 49.0 Å². The zero-order valence-corrected chi connectivity index (χ0v) is 16.9. The van der Waals surface area contributed by atoms with E-state index in [2.05, 4.69) is 10.4 Å². The normalized spacial score (nSPS) is 10.5. The van der Waals surface area contributed by atoms with Crippen LogP contribution in [0.5, 0.6) is 11.5 Å². The fourth-order valence-electron chi connectivity index (χ4n) is 2.85. The van der Waals surface area contributed by atoms with Gasteiger partial charge in [-0.15, -0.1) is 0 Å². The van der Waals surface area contributed by atoms with Gasteiger partial charge in [-0.25, -0.2) is 4.68 Å². The van der Waals surface area contributed by atoms with Crippen LogP contribution in [-0.4, -0.2) is 33.8 Å². The second-order valence-electron chi connectivity index (χ2n) is 6.40. The minimum Gasteiger partial charge on any atom is -0.490 e. The molecule has 0 unspecified atom stereocenters. The average molecular weight is 410 g/mol. The number of carbonyl (C=O) groups excluding carboxylic acids is 1. The van der Waals surface area contributed by atoms with Gasteiger partial charge in [-0.1, -0.05) is 0 Å². The van der Waals surface area contributed by atoms with Crippen molar-refractivity contribution in [2.45, 2.75) is 20.8 Å². The first-order valence-corrected chi connectivity index (χ1v) is 9.44. The lowest BCUT2D eigenvalue weighted by Gasteiger charge is -2.13. The van der Waals surface area contributed by atoms with Crippen LogP contribution in [0.3, 0.4) is 0 Å². The fourth-order valence-corrected chi connectivity index (χ4v) is 2.85. The highest BCUT2D eigenvalue weighted by molar-refractivity contribution is 6.05. The molecule has 30 heavy (non-hydrogen) atoms. The molecule has 0 saturated carbocycles. The van der Waals surface area contributed by atoms with Crippen molar-refractivity contribution in [2.75, 3.05) is 18.5 Å². The number of benzene rings is 2. The van der Waals surface area contributed by atoms with Gasteiger partial charge in [0.25, 0.3) is 11.6 Å². The zero-order chi connectivity index (χ0) is 21.7. The number of hydrogen-bond acceptors (Lipinski definition) is 6. The molecule has 156 valence electrons. The summed E-state index contributed by atoms with van der Waals surface area (Å²) in [5.41, 5.74) is 1.92. The molecule has 1 N–H and O–H groups in total. The number of aryl methyl sites for hydroxylation is 1. The quantitative estimate of drug-likeness (QED) is 0.442. The van der Waals surface area contributed by atoms with Gasteiger partial charge in [0.2, 0.25) is 0 Å². The van der Waals surface area contributed by atoms with Crippen LogP contribution >= 0.6 is 0 Å². The third kappa shape index (κ3) is 4.57. The molecule has 0 saturated heterocycles. The van der Waals surface area contributed by atoms with E-state index in [1.165, 1.54) is 12.1 Å². The standard InChI is InChI=1S/C21H22N4O5/c1-4-29-19-10-17(18(25(27)28)11-20(19)30-5-2)23-21(26)15-6-8-16(9-7-15)24-13-14(3)12-22-24/h6-13H,4-5H2,1-3H3,(H,23,26). The topological polar surface area (TPSA) is 109 Å². The van der Waals surface area contributed by atoms with E-state index in [9.17, 15) is 14.9 Å². The Hall–Kier alpha value is -3.88. The summed E-state index contributed by atoms with van der Waals surface area (Å²) in [6, 6.07) is 9.43. The first-order chi connectivity index (χ1) is 14.4. The summed E-state index contributed by atoms with van der Waals surface area (Å²) in [6.07, 6.45) is 3.61. The molecule has 9 heteroatoms. The second-order valence-corrected chi connectivity index (χ2v) is 6.40. The van der Waals surface area contributed by atoms with Gasteiger partial charge in [-0.3, -0.25) is 14.9 Å². The molecule has 1 amide bonds. The summed E-state index contributed by atoms with van der Waals surface area (Å²) >= 11 is 0. The first-order valence-electron chi connectivity index (χ1n) is 9.44. The highest BCUT2D eigenvalue weighted by Crippen LogP contribution is 2.38. The molecule has 0 aliphatic carbocycles. The highest BCUT2D eigenvalue weighted by atomic mass is 16.6. The number of amides is 1. The van der Waals surface area contributed by atoms with Crippen LogP contribution in [0.15, 0.2) is 48.8 Å². The van der Waals surface area contributed by atoms with Crippen LogP contribution in [0.25, 0.3) is 5.69 Å². The van der Waals surface area contributed by atoms with Crippen molar-refractivity contribution in [3.63, 3.8) is 0 Å². The Morgan fingerprint density at radius 2 is 1.77 bits per heavy atom. The van der Waals surface area contributed by atoms with Crippen molar-refractivity contribution < 1.29 is 19.2 Å². The van der Waals surface area contributed by atoms with Gasteiger partial charge in [0, 0.05) is 17.8 Å². The maximum atomic E-state index is 12.7. The third-order valence-corrected chi connectivity index (χ3v) is 4.21. The van der Waals surface area contributed by atoms with Gasteiger partial charge in [0.05, 0.1) is 36.1 Å². The zero-order valence-electron chi connectivity index (χ0n) is 16.9. The largest absolute Gasteiger partial charge is 0.490 e. The molecule has 0 radical (unpaired) electrons. The first kappa shape index (κ1) is 20.8. The summed E-state index contributed by atoms with van der Waals surface area (Å²) in [4.78, 5) is 23.6. The fraction of sp³-hybridized carbons (Fsp3) is 0.238. The lowest BCUT2D eigenvalue weighted by atomic mass is 10.1. The van der Waals surface area contributed by atoms with Crippen molar-refractivity contribution in [3.05, 3.63) is 70.0 Å². The van der Waals surface area contributed by atoms with E-state index in [4.69, 9.17) is 9.47 Å². The van der Waals surface area contributed by atoms with Crippen molar-refractivity contribution in [3.8, 4) is 17.2 Å². The Kier molecular flexibility index (Phi) is 6.31. The number of ether oxygens (including phenoxy) is 2.